The third-order valence-electron chi connectivity index (χ3n) is 5.18. The zero-order valence-electron chi connectivity index (χ0n) is 18.0. The molecule has 2 aliphatic heterocycles. The highest BCUT2D eigenvalue weighted by Crippen LogP contribution is 2.27. The number of amides is 4. The van der Waals surface area contributed by atoms with Crippen LogP contribution in [-0.4, -0.2) is 69.8 Å². The molecule has 2 atom stereocenters. The Bertz CT molecular complexity index is 823. The lowest BCUT2D eigenvalue weighted by Crippen LogP contribution is -2.43. The second kappa shape index (κ2) is 10.9. The molecule has 0 aromatic carbocycles. The molecule has 0 aromatic rings. The average molecular weight is 482 g/mol. The smallest absolute Gasteiger partial charge is 0.333 e. The van der Waals surface area contributed by atoms with Crippen LogP contribution in [0, 0.1) is 0 Å². The normalized spacial score (nSPS) is 21.9. The number of hydrogen-bond acceptors (Lipinski definition) is 12. The summed E-state index contributed by atoms with van der Waals surface area (Å²) in [6.07, 6.45) is -2.36. The maximum absolute atomic E-state index is 11.9. The Morgan fingerprint density at radius 3 is 1.15 bits per heavy atom. The van der Waals surface area contributed by atoms with Crippen molar-refractivity contribution in [1.82, 2.24) is 10.1 Å². The largest absolute Gasteiger partial charge is 0.458 e. The molecular formula is C20H22N2O12. The summed E-state index contributed by atoms with van der Waals surface area (Å²) in [5.74, 6) is -5.94. The molecule has 14 heteroatoms. The highest BCUT2D eigenvalue weighted by molar-refractivity contribution is 6.02. The van der Waals surface area contributed by atoms with Crippen molar-refractivity contribution in [2.24, 2.45) is 0 Å². The number of carbonyl (C=O) groups is 8. The molecule has 2 saturated heterocycles. The molecule has 2 unspecified atom stereocenters. The molecule has 3 rings (SSSR count). The molecule has 1 saturated carbocycles. The number of hydrogen-bond donors (Lipinski definition) is 0. The van der Waals surface area contributed by atoms with Crippen molar-refractivity contribution < 1.29 is 57.5 Å². The van der Waals surface area contributed by atoms with Gasteiger partial charge in [0.2, 0.25) is 0 Å². The zero-order chi connectivity index (χ0) is 24.8. The van der Waals surface area contributed by atoms with Crippen molar-refractivity contribution >= 4 is 47.5 Å². The minimum atomic E-state index is -0.943. The Hall–Kier alpha value is -3.84. The molecule has 0 bridgehead atoms. The molecule has 4 amide bonds. The summed E-state index contributed by atoms with van der Waals surface area (Å²) in [5.41, 5.74) is 0. The van der Waals surface area contributed by atoms with Crippen molar-refractivity contribution in [3.63, 3.8) is 0 Å². The Kier molecular flexibility index (Phi) is 7.91. The minimum Gasteiger partial charge on any atom is -0.458 e. The van der Waals surface area contributed by atoms with E-state index in [1.165, 1.54) is 0 Å². The number of ether oxygens (including phenoxy) is 2. The number of imide groups is 2. The molecule has 0 N–H and O–H groups in total. The van der Waals surface area contributed by atoms with E-state index in [9.17, 15) is 38.4 Å². The van der Waals surface area contributed by atoms with Gasteiger partial charge in [0.1, 0.15) is 12.2 Å². The van der Waals surface area contributed by atoms with Gasteiger partial charge in [-0.1, -0.05) is 0 Å². The standard InChI is InChI=1S/C20H22N2O12/c23-13-3-4-14(24)21(13)33-19(29)9-7-17(27)31-11-1-2-12(11)32-18(28)8-10-20(30)34-22-15(25)5-6-16(22)26/h11-12H,1-10H2. The van der Waals surface area contributed by atoms with Crippen LogP contribution in [0.4, 0.5) is 0 Å². The van der Waals surface area contributed by atoms with Gasteiger partial charge in [-0.05, 0) is 12.8 Å². The van der Waals surface area contributed by atoms with Crippen LogP contribution < -0.4 is 0 Å². The van der Waals surface area contributed by atoms with Crippen LogP contribution in [0.3, 0.4) is 0 Å². The Morgan fingerprint density at radius 1 is 0.559 bits per heavy atom. The predicted octanol–water partition coefficient (Wildman–Crippen LogP) is -0.621. The minimum absolute atomic E-state index is 0.0467. The average Bonchev–Trinajstić information content (AvgIpc) is 3.27. The first-order chi connectivity index (χ1) is 16.1. The van der Waals surface area contributed by atoms with Gasteiger partial charge in [0.05, 0.1) is 25.7 Å². The molecular weight excluding hydrogens is 460 g/mol. The van der Waals surface area contributed by atoms with E-state index in [0.717, 1.165) is 0 Å². The molecule has 1 aliphatic carbocycles. The molecule has 34 heavy (non-hydrogen) atoms. The van der Waals surface area contributed by atoms with Crippen LogP contribution >= 0.6 is 0 Å². The van der Waals surface area contributed by atoms with Crippen molar-refractivity contribution in [1.29, 1.82) is 0 Å². The quantitative estimate of drug-likeness (QED) is 0.285. The summed E-state index contributed by atoms with van der Waals surface area (Å²) in [5, 5.41) is 0.761. The van der Waals surface area contributed by atoms with Crippen LogP contribution in [0.2, 0.25) is 0 Å². The number of nitrogens with zero attached hydrogens (tertiary/aromatic N) is 2. The van der Waals surface area contributed by atoms with Crippen molar-refractivity contribution in [3.8, 4) is 0 Å². The van der Waals surface area contributed by atoms with Crippen LogP contribution in [0.15, 0.2) is 0 Å². The maximum atomic E-state index is 11.9. The van der Waals surface area contributed by atoms with Gasteiger partial charge in [-0.3, -0.25) is 28.8 Å². The number of carbonyl (C=O) groups excluding carboxylic acids is 8. The van der Waals surface area contributed by atoms with Crippen LogP contribution in [0.1, 0.15) is 64.2 Å². The Labute approximate surface area is 192 Å². The second-order valence-electron chi connectivity index (χ2n) is 7.72. The van der Waals surface area contributed by atoms with Gasteiger partial charge < -0.3 is 19.1 Å². The topological polar surface area (TPSA) is 180 Å². The van der Waals surface area contributed by atoms with E-state index >= 15 is 0 Å². The summed E-state index contributed by atoms with van der Waals surface area (Å²) in [6, 6.07) is 0. The van der Waals surface area contributed by atoms with Crippen LogP contribution in [-0.2, 0) is 57.5 Å². The van der Waals surface area contributed by atoms with E-state index in [0.29, 0.717) is 23.0 Å². The van der Waals surface area contributed by atoms with Gasteiger partial charge in [-0.2, -0.15) is 0 Å². The highest BCUT2D eigenvalue weighted by atomic mass is 16.7. The third kappa shape index (κ3) is 6.36. The lowest BCUT2D eigenvalue weighted by atomic mass is 9.91. The van der Waals surface area contributed by atoms with Gasteiger partial charge >= 0.3 is 23.9 Å². The van der Waals surface area contributed by atoms with E-state index < -0.39 is 72.6 Å². The van der Waals surface area contributed by atoms with E-state index in [-0.39, 0.29) is 38.5 Å². The molecule has 184 valence electrons. The molecule has 2 heterocycles. The monoisotopic (exact) mass is 482 g/mol. The summed E-state index contributed by atoms with van der Waals surface area (Å²) < 4.78 is 10.3. The lowest BCUT2D eigenvalue weighted by Gasteiger charge is -2.35. The first-order valence-corrected chi connectivity index (χ1v) is 10.7. The molecule has 0 spiro atoms. The first kappa shape index (κ1) is 24.8. The summed E-state index contributed by atoms with van der Waals surface area (Å²) in [7, 11) is 0. The highest BCUT2D eigenvalue weighted by Gasteiger charge is 2.38. The fourth-order valence-electron chi connectivity index (χ4n) is 3.18. The third-order valence-corrected chi connectivity index (χ3v) is 5.18. The van der Waals surface area contributed by atoms with Crippen molar-refractivity contribution in [2.45, 2.75) is 76.4 Å². The van der Waals surface area contributed by atoms with E-state index in [4.69, 9.17) is 9.47 Å². The van der Waals surface area contributed by atoms with Gasteiger partial charge in [0.15, 0.2) is 0 Å². The lowest BCUT2D eigenvalue weighted by molar-refractivity contribution is -0.198. The van der Waals surface area contributed by atoms with Crippen LogP contribution in [0.25, 0.3) is 0 Å². The van der Waals surface area contributed by atoms with E-state index in [1.54, 1.807) is 0 Å². The molecule has 3 aliphatic rings. The summed E-state index contributed by atoms with van der Waals surface area (Å²) in [6.45, 7) is 0. The van der Waals surface area contributed by atoms with E-state index in [1.807, 2.05) is 0 Å². The van der Waals surface area contributed by atoms with Gasteiger partial charge in [0.25, 0.3) is 23.6 Å². The number of rotatable bonds is 10. The van der Waals surface area contributed by atoms with Crippen molar-refractivity contribution in [3.05, 3.63) is 0 Å². The SMILES string of the molecule is O=C(CCC(=O)ON1C(=O)CCC1=O)OC1CCC1OC(=O)CCC(=O)ON1C(=O)CCC1=O. The fraction of sp³-hybridized carbons (Fsp3) is 0.600. The summed E-state index contributed by atoms with van der Waals surface area (Å²) in [4.78, 5) is 102. The maximum Gasteiger partial charge on any atom is 0.333 e. The molecule has 0 radical (unpaired) electrons. The molecule has 0 aromatic heterocycles. The Balaban J connectivity index is 1.31. The first-order valence-electron chi connectivity index (χ1n) is 10.7. The summed E-state index contributed by atoms with van der Waals surface area (Å²) >= 11 is 0. The second-order valence-corrected chi connectivity index (χ2v) is 7.72. The molecule has 14 nitrogen and oxygen atoms in total. The molecule has 3 fully saturated rings. The van der Waals surface area contributed by atoms with Gasteiger partial charge in [0, 0.05) is 25.7 Å². The Morgan fingerprint density at radius 2 is 0.853 bits per heavy atom. The predicted molar refractivity (Wildman–Crippen MR) is 102 cm³/mol. The zero-order valence-corrected chi connectivity index (χ0v) is 18.0. The number of esters is 2. The van der Waals surface area contributed by atoms with Crippen LogP contribution in [0.5, 0.6) is 0 Å². The van der Waals surface area contributed by atoms with E-state index in [2.05, 4.69) is 9.68 Å². The van der Waals surface area contributed by atoms with Gasteiger partial charge in [-0.15, -0.1) is 10.1 Å². The van der Waals surface area contributed by atoms with Crippen molar-refractivity contribution in [2.75, 3.05) is 0 Å². The fourth-order valence-corrected chi connectivity index (χ4v) is 3.18. The number of hydroxylamine groups is 4. The van der Waals surface area contributed by atoms with Gasteiger partial charge in [-0.25, -0.2) is 9.59 Å².